The molecule has 4 rings (SSSR count). The van der Waals surface area contributed by atoms with Crippen LogP contribution in [0.1, 0.15) is 25.2 Å². The summed E-state index contributed by atoms with van der Waals surface area (Å²) < 4.78 is 13.5. The molecule has 1 N–H and O–H groups in total. The van der Waals surface area contributed by atoms with Gasteiger partial charge in [-0.1, -0.05) is 12.1 Å². The van der Waals surface area contributed by atoms with Crippen LogP contribution in [0.3, 0.4) is 0 Å². The summed E-state index contributed by atoms with van der Waals surface area (Å²) in [5.74, 6) is 1.71. The minimum atomic E-state index is -0.386. The highest BCUT2D eigenvalue weighted by atomic mass is 16.5. The second-order valence-electron chi connectivity index (χ2n) is 8.15. The maximum Gasteiger partial charge on any atom is 0.293 e. The van der Waals surface area contributed by atoms with Crippen molar-refractivity contribution in [1.82, 2.24) is 24.7 Å². The molecule has 2 heterocycles. The predicted molar refractivity (Wildman–Crippen MR) is 128 cm³/mol. The molecule has 2 aromatic carbocycles. The average Bonchev–Trinajstić information content (AvgIpc) is 3.28. The van der Waals surface area contributed by atoms with Crippen molar-refractivity contribution in [3.63, 3.8) is 0 Å². The Morgan fingerprint density at radius 1 is 1.03 bits per heavy atom. The number of aromatic nitrogens is 4. The first kappa shape index (κ1) is 23.0. The number of benzene rings is 2. The van der Waals surface area contributed by atoms with Crippen LogP contribution in [-0.2, 0) is 17.9 Å². The number of nitrogens with zero attached hydrogens (tertiary/aromatic N) is 4. The molecule has 0 saturated heterocycles. The molecule has 4 aromatic rings. The fourth-order valence-electron chi connectivity index (χ4n) is 3.54. The summed E-state index contributed by atoms with van der Waals surface area (Å²) in [4.78, 5) is 25.5. The molecule has 2 aromatic heterocycles. The average molecular weight is 462 g/mol. The number of amides is 1. The summed E-state index contributed by atoms with van der Waals surface area (Å²) in [6.45, 7) is 5.82. The van der Waals surface area contributed by atoms with Gasteiger partial charge in [0.05, 0.1) is 18.9 Å². The third-order valence-electron chi connectivity index (χ3n) is 5.20. The second kappa shape index (κ2) is 9.78. The Kier molecular flexibility index (Phi) is 6.62. The quantitative estimate of drug-likeness (QED) is 0.433. The lowest BCUT2D eigenvalue weighted by molar-refractivity contribution is -0.122. The summed E-state index contributed by atoms with van der Waals surface area (Å²) in [5.41, 5.74) is 2.38. The summed E-state index contributed by atoms with van der Waals surface area (Å²) in [6.07, 6.45) is 0.0974. The molecule has 176 valence electrons. The molecule has 0 atom stereocenters. The van der Waals surface area contributed by atoms with Crippen LogP contribution in [0.15, 0.2) is 59.4 Å². The van der Waals surface area contributed by atoms with Gasteiger partial charge in [0.1, 0.15) is 29.4 Å². The molecule has 9 nitrogen and oxygen atoms in total. The maximum absolute atomic E-state index is 13.0. The highest BCUT2D eigenvalue weighted by Gasteiger charge is 2.15. The number of nitrogens with one attached hydrogen (secondary N) is 1. The van der Waals surface area contributed by atoms with Crippen LogP contribution in [0.4, 0.5) is 0 Å². The molecule has 34 heavy (non-hydrogen) atoms. The fourth-order valence-corrected chi connectivity index (χ4v) is 3.54. The van der Waals surface area contributed by atoms with Gasteiger partial charge in [0, 0.05) is 12.1 Å². The van der Waals surface area contributed by atoms with Gasteiger partial charge in [-0.3, -0.25) is 9.59 Å². The lowest BCUT2D eigenvalue weighted by atomic mass is 10.1. The minimum Gasteiger partial charge on any atom is -0.497 e. The van der Waals surface area contributed by atoms with Gasteiger partial charge < -0.3 is 14.8 Å². The van der Waals surface area contributed by atoms with Crippen LogP contribution < -0.4 is 20.3 Å². The van der Waals surface area contributed by atoms with E-state index in [1.165, 1.54) is 9.20 Å². The maximum atomic E-state index is 13.0. The Hall–Kier alpha value is -4.14. The molecule has 0 unspecified atom stereocenters. The largest absolute Gasteiger partial charge is 0.497 e. The van der Waals surface area contributed by atoms with E-state index in [1.807, 2.05) is 62.4 Å². The number of carbonyl (C=O) groups is 1. The molecular weight excluding hydrogens is 434 g/mol. The van der Waals surface area contributed by atoms with Crippen molar-refractivity contribution in [2.75, 3.05) is 7.11 Å². The molecule has 0 aliphatic carbocycles. The standard InChI is InChI=1S/C25H27N5O4/c1-16(2)34-21-9-5-18(6-10-21)14-26-24(31)15-29-25(32)23-13-22(28-30(23)17(3)27-29)19-7-11-20(33-4)12-8-19/h5-13,16H,14-15H2,1-4H3,(H,26,31). The van der Waals surface area contributed by atoms with Crippen LogP contribution in [0.25, 0.3) is 16.8 Å². The molecule has 1 amide bonds. The molecule has 0 aliphatic rings. The molecule has 0 spiro atoms. The van der Waals surface area contributed by atoms with Gasteiger partial charge in [0.2, 0.25) is 5.91 Å². The van der Waals surface area contributed by atoms with Gasteiger partial charge in [0.15, 0.2) is 0 Å². The molecule has 0 fully saturated rings. The van der Waals surface area contributed by atoms with Gasteiger partial charge in [-0.2, -0.15) is 10.2 Å². The number of methoxy groups -OCH3 is 1. The van der Waals surface area contributed by atoms with E-state index < -0.39 is 0 Å². The zero-order valence-corrected chi connectivity index (χ0v) is 19.6. The van der Waals surface area contributed by atoms with Crippen molar-refractivity contribution >= 4 is 11.4 Å². The van der Waals surface area contributed by atoms with Crippen molar-refractivity contribution < 1.29 is 14.3 Å². The van der Waals surface area contributed by atoms with E-state index in [1.54, 1.807) is 20.1 Å². The SMILES string of the molecule is COc1ccc(-c2cc3c(=O)n(CC(=O)NCc4ccc(OC(C)C)cc4)nc(C)n3n2)cc1. The normalized spacial score (nSPS) is 11.1. The van der Waals surface area contributed by atoms with E-state index in [2.05, 4.69) is 15.5 Å². The van der Waals surface area contributed by atoms with Gasteiger partial charge in [0.25, 0.3) is 5.56 Å². The number of aryl methyl sites for hydroxylation is 1. The Morgan fingerprint density at radius 2 is 1.71 bits per heavy atom. The smallest absolute Gasteiger partial charge is 0.293 e. The van der Waals surface area contributed by atoms with Gasteiger partial charge in [-0.25, -0.2) is 9.20 Å². The highest BCUT2D eigenvalue weighted by Crippen LogP contribution is 2.22. The molecule has 0 saturated carbocycles. The molecule has 0 bridgehead atoms. The van der Waals surface area contributed by atoms with Gasteiger partial charge in [-0.15, -0.1) is 0 Å². The van der Waals surface area contributed by atoms with Crippen LogP contribution in [0, 0.1) is 6.92 Å². The van der Waals surface area contributed by atoms with E-state index in [4.69, 9.17) is 9.47 Å². The van der Waals surface area contributed by atoms with Crippen LogP contribution >= 0.6 is 0 Å². The van der Waals surface area contributed by atoms with Crippen LogP contribution in [0.2, 0.25) is 0 Å². The van der Waals surface area contributed by atoms with E-state index in [0.717, 1.165) is 22.6 Å². The van der Waals surface area contributed by atoms with E-state index >= 15 is 0 Å². The Morgan fingerprint density at radius 3 is 2.35 bits per heavy atom. The van der Waals surface area contributed by atoms with Crippen molar-refractivity contribution in [2.24, 2.45) is 0 Å². The van der Waals surface area contributed by atoms with Crippen molar-refractivity contribution in [3.8, 4) is 22.8 Å². The summed E-state index contributed by atoms with van der Waals surface area (Å²) in [7, 11) is 1.60. The third-order valence-corrected chi connectivity index (χ3v) is 5.20. The molecule has 0 aliphatic heterocycles. The zero-order valence-electron chi connectivity index (χ0n) is 19.6. The first-order valence-electron chi connectivity index (χ1n) is 11.0. The van der Waals surface area contributed by atoms with Gasteiger partial charge >= 0.3 is 0 Å². The Labute approximate surface area is 196 Å². The van der Waals surface area contributed by atoms with E-state index in [0.29, 0.717) is 23.6 Å². The summed E-state index contributed by atoms with van der Waals surface area (Å²) >= 11 is 0. The number of fused-ring (bicyclic) bond motifs is 1. The lowest BCUT2D eigenvalue weighted by Gasteiger charge is -2.11. The van der Waals surface area contributed by atoms with Crippen molar-refractivity contribution in [3.05, 3.63) is 76.3 Å². The molecule has 0 radical (unpaired) electrons. The number of hydrogen-bond donors (Lipinski definition) is 1. The fraction of sp³-hybridized carbons (Fsp3) is 0.280. The minimum absolute atomic E-state index is 0.0974. The van der Waals surface area contributed by atoms with E-state index in [-0.39, 0.29) is 24.1 Å². The number of rotatable bonds is 8. The topological polar surface area (TPSA) is 99.8 Å². The Balaban J connectivity index is 1.47. The monoisotopic (exact) mass is 461 g/mol. The number of ether oxygens (including phenoxy) is 2. The first-order valence-corrected chi connectivity index (χ1v) is 11.0. The van der Waals surface area contributed by atoms with Gasteiger partial charge in [-0.05, 0) is 68.8 Å². The van der Waals surface area contributed by atoms with Crippen LogP contribution in [0.5, 0.6) is 11.5 Å². The Bertz CT molecular complexity index is 1360. The highest BCUT2D eigenvalue weighted by molar-refractivity contribution is 5.75. The molecule has 9 heteroatoms. The van der Waals surface area contributed by atoms with Crippen molar-refractivity contribution in [2.45, 2.75) is 40.0 Å². The van der Waals surface area contributed by atoms with Crippen LogP contribution in [-0.4, -0.2) is 38.5 Å². The number of carbonyl (C=O) groups excluding carboxylic acids is 1. The summed E-state index contributed by atoms with van der Waals surface area (Å²) in [6, 6.07) is 16.6. The number of hydrogen-bond acceptors (Lipinski definition) is 6. The zero-order chi connectivity index (χ0) is 24.2. The first-order chi connectivity index (χ1) is 16.3. The predicted octanol–water partition coefficient (Wildman–Crippen LogP) is 2.98. The summed E-state index contributed by atoms with van der Waals surface area (Å²) in [5, 5.41) is 11.6. The second-order valence-corrected chi connectivity index (χ2v) is 8.15. The van der Waals surface area contributed by atoms with Crippen molar-refractivity contribution in [1.29, 1.82) is 0 Å². The third kappa shape index (κ3) is 5.09. The van der Waals surface area contributed by atoms with E-state index in [9.17, 15) is 9.59 Å². The molecular formula is C25H27N5O4. The lowest BCUT2D eigenvalue weighted by Crippen LogP contribution is -2.34.